The van der Waals surface area contributed by atoms with E-state index in [2.05, 4.69) is 0 Å². The molecule has 2 unspecified atom stereocenters. The topological polar surface area (TPSA) is 139 Å². The first kappa shape index (κ1) is 23.9. The first-order chi connectivity index (χ1) is 14.7. The Morgan fingerprint density at radius 3 is 1.52 bits per heavy atom. The van der Waals surface area contributed by atoms with E-state index in [0.717, 1.165) is 0 Å². The lowest BCUT2D eigenvalue weighted by Gasteiger charge is -2.02. The van der Waals surface area contributed by atoms with Crippen LogP contribution in [0.25, 0.3) is 12.2 Å². The van der Waals surface area contributed by atoms with E-state index in [1.54, 1.807) is 12.1 Å². The number of hydrogen-bond donors (Lipinski definition) is 0. The molecule has 2 aromatic rings. The smallest absolute Gasteiger partial charge is 0.311 e. The maximum absolute atomic E-state index is 12.1. The molecule has 0 saturated heterocycles. The van der Waals surface area contributed by atoms with Crippen LogP contribution in [-0.4, -0.2) is 37.6 Å². The fourth-order valence-corrected chi connectivity index (χ4v) is 4.57. The van der Waals surface area contributed by atoms with Crippen LogP contribution in [0.2, 0.25) is 0 Å². The number of nitro benzene ring substituents is 2. The molecule has 2 aromatic carbocycles. The number of ether oxygens (including phenoxy) is 2. The molecule has 0 bridgehead atoms. The number of benzene rings is 2. The maximum Gasteiger partial charge on any atom is 0.311 e. The highest BCUT2D eigenvalue weighted by Gasteiger charge is 2.15. The maximum atomic E-state index is 12.1. The van der Waals surface area contributed by atoms with Crippen LogP contribution in [-0.2, 0) is 21.6 Å². The Kier molecular flexibility index (Phi) is 8.58. The first-order valence-electron chi connectivity index (χ1n) is 8.50. The summed E-state index contributed by atoms with van der Waals surface area (Å²) in [4.78, 5) is 20.9. The number of nitrogens with zero attached hydrogens (tertiary/aromatic N) is 2. The third-order valence-corrected chi connectivity index (χ3v) is 6.59. The van der Waals surface area contributed by atoms with Gasteiger partial charge in [-0.25, -0.2) is 0 Å². The third kappa shape index (κ3) is 6.83. The van der Waals surface area contributed by atoms with Gasteiger partial charge in [0.1, 0.15) is 5.08 Å². The van der Waals surface area contributed by atoms with Gasteiger partial charge in [0.05, 0.1) is 45.7 Å². The average Bonchev–Trinajstić information content (AvgIpc) is 2.75. The SMILES string of the molecule is COc1ccc(/C=C\S(=O)CS(=O)/C=C/c2ccc(OC)c([N+](=O)[O-])c2)cc1[N+](=O)[O-]. The van der Waals surface area contributed by atoms with Crippen molar-refractivity contribution < 1.29 is 27.7 Å². The molecule has 31 heavy (non-hydrogen) atoms. The van der Waals surface area contributed by atoms with Crippen LogP contribution in [0.4, 0.5) is 11.4 Å². The van der Waals surface area contributed by atoms with Gasteiger partial charge in [-0.2, -0.15) is 0 Å². The second-order valence-electron chi connectivity index (χ2n) is 5.86. The molecule has 0 saturated carbocycles. The van der Waals surface area contributed by atoms with Crippen LogP contribution in [0, 0.1) is 20.2 Å². The van der Waals surface area contributed by atoms with E-state index in [0.29, 0.717) is 11.1 Å². The van der Waals surface area contributed by atoms with Crippen molar-refractivity contribution in [2.24, 2.45) is 0 Å². The van der Waals surface area contributed by atoms with Gasteiger partial charge in [-0.15, -0.1) is 0 Å². The molecule has 12 heteroatoms. The zero-order valence-electron chi connectivity index (χ0n) is 16.5. The molecule has 2 atom stereocenters. The van der Waals surface area contributed by atoms with Gasteiger partial charge in [-0.1, -0.05) is 12.1 Å². The van der Waals surface area contributed by atoms with E-state index in [9.17, 15) is 28.6 Å². The van der Waals surface area contributed by atoms with Crippen LogP contribution < -0.4 is 9.47 Å². The Morgan fingerprint density at radius 1 is 0.806 bits per heavy atom. The number of methoxy groups -OCH3 is 2. The summed E-state index contributed by atoms with van der Waals surface area (Å²) in [7, 11) is -0.583. The van der Waals surface area contributed by atoms with Crippen LogP contribution >= 0.6 is 0 Å². The van der Waals surface area contributed by atoms with Crippen LogP contribution in [0.15, 0.2) is 47.2 Å². The minimum Gasteiger partial charge on any atom is -0.490 e. The molecule has 2 rings (SSSR count). The molecule has 10 nitrogen and oxygen atoms in total. The molecule has 0 N–H and O–H groups in total. The largest absolute Gasteiger partial charge is 0.490 e. The molecule has 0 heterocycles. The lowest BCUT2D eigenvalue weighted by Crippen LogP contribution is -1.99. The lowest BCUT2D eigenvalue weighted by molar-refractivity contribution is -0.385. The van der Waals surface area contributed by atoms with Gasteiger partial charge in [-0.05, 0) is 35.4 Å². The Morgan fingerprint density at radius 2 is 1.19 bits per heavy atom. The predicted molar refractivity (Wildman–Crippen MR) is 119 cm³/mol. The highest BCUT2D eigenvalue weighted by Crippen LogP contribution is 2.29. The van der Waals surface area contributed by atoms with Crippen LogP contribution in [0.3, 0.4) is 0 Å². The molecule has 0 aliphatic carbocycles. The van der Waals surface area contributed by atoms with Gasteiger partial charge >= 0.3 is 11.4 Å². The fraction of sp³-hybridized carbons (Fsp3) is 0.158. The number of hydrogen-bond acceptors (Lipinski definition) is 8. The Labute approximate surface area is 182 Å². The van der Waals surface area contributed by atoms with Gasteiger partial charge in [-0.3, -0.25) is 28.6 Å². The van der Waals surface area contributed by atoms with Gasteiger partial charge in [0.25, 0.3) is 0 Å². The second kappa shape index (κ2) is 11.1. The monoisotopic (exact) mass is 466 g/mol. The van der Waals surface area contributed by atoms with Crippen molar-refractivity contribution in [1.82, 2.24) is 0 Å². The normalized spacial score (nSPS) is 13.2. The summed E-state index contributed by atoms with van der Waals surface area (Å²) in [5, 5.41) is 24.5. The molecule has 0 aromatic heterocycles. The van der Waals surface area contributed by atoms with Gasteiger partial charge < -0.3 is 9.47 Å². The molecular formula is C19H18N2O8S2. The van der Waals surface area contributed by atoms with E-state index < -0.39 is 31.4 Å². The highest BCUT2D eigenvalue weighted by atomic mass is 32.2. The minimum atomic E-state index is -1.61. The molecule has 0 fully saturated rings. The average molecular weight is 466 g/mol. The minimum absolute atomic E-state index is 0.105. The van der Waals surface area contributed by atoms with E-state index >= 15 is 0 Å². The summed E-state index contributed by atoms with van der Waals surface area (Å²) in [5.74, 6) is 0.210. The molecule has 0 amide bonds. The summed E-state index contributed by atoms with van der Waals surface area (Å²) in [6, 6.07) is 8.53. The van der Waals surface area contributed by atoms with Crippen molar-refractivity contribution in [3.8, 4) is 11.5 Å². The van der Waals surface area contributed by atoms with Crippen molar-refractivity contribution in [1.29, 1.82) is 0 Å². The fourth-order valence-electron chi connectivity index (χ4n) is 2.41. The summed E-state index contributed by atoms with van der Waals surface area (Å²) in [6.45, 7) is 0. The molecule has 0 aliphatic rings. The summed E-state index contributed by atoms with van der Waals surface area (Å²) >= 11 is 0. The Hall–Kier alpha value is -3.38. The quantitative estimate of drug-likeness (QED) is 0.382. The molecule has 0 radical (unpaired) electrons. The van der Waals surface area contributed by atoms with Crippen molar-refractivity contribution in [2.75, 3.05) is 19.3 Å². The van der Waals surface area contributed by atoms with E-state index in [4.69, 9.17) is 9.47 Å². The standard InChI is InChI=1S/C19H18N2O8S2/c1-28-18-5-3-14(11-16(18)20(22)23)7-9-30(26)13-31(27)10-8-15-4-6-19(29-2)17(12-15)21(24)25/h3-12H,13H2,1-2H3/b9-7-,10-8+. The predicted octanol–water partition coefficient (Wildman–Crippen LogP) is 3.62. The van der Waals surface area contributed by atoms with Gasteiger partial charge in [0, 0.05) is 22.9 Å². The third-order valence-electron chi connectivity index (χ3n) is 3.86. The van der Waals surface area contributed by atoms with Gasteiger partial charge in [0.15, 0.2) is 11.5 Å². The number of nitro groups is 2. The zero-order chi connectivity index (χ0) is 23.0. The molecular weight excluding hydrogens is 448 g/mol. The van der Waals surface area contributed by atoms with Crippen molar-refractivity contribution in [3.63, 3.8) is 0 Å². The van der Waals surface area contributed by atoms with Gasteiger partial charge in [0.2, 0.25) is 0 Å². The Balaban J connectivity index is 2.04. The van der Waals surface area contributed by atoms with Crippen LogP contribution in [0.5, 0.6) is 11.5 Å². The highest BCUT2D eigenvalue weighted by molar-refractivity contribution is 8.04. The second-order valence-corrected chi connectivity index (χ2v) is 8.87. The molecule has 0 spiro atoms. The van der Waals surface area contributed by atoms with Crippen molar-refractivity contribution in [2.45, 2.75) is 0 Å². The Bertz CT molecular complexity index is 1010. The van der Waals surface area contributed by atoms with E-state index in [1.165, 1.54) is 61.5 Å². The zero-order valence-corrected chi connectivity index (χ0v) is 18.1. The van der Waals surface area contributed by atoms with E-state index in [-0.39, 0.29) is 28.0 Å². The molecule has 0 aliphatic heterocycles. The summed E-state index contributed by atoms with van der Waals surface area (Å²) in [6.07, 6.45) is 2.85. The van der Waals surface area contributed by atoms with Crippen molar-refractivity contribution in [3.05, 3.63) is 78.6 Å². The first-order valence-corrected chi connectivity index (χ1v) is 11.3. The lowest BCUT2D eigenvalue weighted by atomic mass is 10.2. The van der Waals surface area contributed by atoms with E-state index in [1.807, 2.05) is 0 Å². The summed E-state index contributed by atoms with van der Waals surface area (Å²) in [5.41, 5.74) is 0.423. The summed E-state index contributed by atoms with van der Waals surface area (Å²) < 4.78 is 34.1. The molecule has 164 valence electrons. The number of rotatable bonds is 10. The van der Waals surface area contributed by atoms with Crippen LogP contribution in [0.1, 0.15) is 11.1 Å². The van der Waals surface area contributed by atoms with Crippen molar-refractivity contribution >= 4 is 45.1 Å².